The minimum absolute atomic E-state index is 0.227. The molecule has 2 aliphatic rings. The Bertz CT molecular complexity index is 1350. The molecule has 3 aromatic rings. The highest BCUT2D eigenvalue weighted by Crippen LogP contribution is 2.24. The molecule has 3 aromatic carbocycles. The molecule has 2 amide bonds. The molecule has 0 atom stereocenters. The SMILES string of the molecule is CSc1cc(C(=O)Nc2ccc(C3=NCCN3)cc2)ccc1C(=O)Nc1ccc(C2=NCCN2)cc1. The van der Waals surface area contributed by atoms with Gasteiger partial charge in [0, 0.05) is 46.1 Å². The Hall–Kier alpha value is -4.11. The molecule has 5 rings (SSSR count). The number of hydrogen-bond donors (Lipinski definition) is 4. The predicted octanol–water partition coefficient (Wildman–Crippen LogP) is 3.61. The number of rotatable bonds is 7. The van der Waals surface area contributed by atoms with E-state index in [1.54, 1.807) is 18.2 Å². The zero-order valence-electron chi connectivity index (χ0n) is 19.8. The first kappa shape index (κ1) is 23.6. The number of nitrogens with one attached hydrogen (secondary N) is 4. The van der Waals surface area contributed by atoms with Crippen LogP contribution in [0.2, 0.25) is 0 Å². The van der Waals surface area contributed by atoms with Crippen LogP contribution in [0.1, 0.15) is 31.8 Å². The fourth-order valence-electron chi connectivity index (χ4n) is 4.03. The number of amides is 2. The van der Waals surface area contributed by atoms with E-state index in [0.717, 1.165) is 53.9 Å². The standard InChI is InChI=1S/C27H26N6O2S/c1-36-23-16-19(26(34)32-20-7-2-17(3-8-20)24-28-12-13-29-24)6-11-22(23)27(35)33-21-9-4-18(5-10-21)25-30-14-15-31-25/h2-11,16H,12-15H2,1H3,(H,28,29)(H,30,31)(H,32,34)(H,33,35). The number of aliphatic imine (C=N–C) groups is 2. The summed E-state index contributed by atoms with van der Waals surface area (Å²) >= 11 is 1.42. The van der Waals surface area contributed by atoms with E-state index in [9.17, 15) is 9.59 Å². The lowest BCUT2D eigenvalue weighted by atomic mass is 10.1. The van der Waals surface area contributed by atoms with Crippen molar-refractivity contribution in [2.45, 2.75) is 4.90 Å². The van der Waals surface area contributed by atoms with Crippen molar-refractivity contribution < 1.29 is 9.59 Å². The molecule has 0 aromatic heterocycles. The van der Waals surface area contributed by atoms with Gasteiger partial charge in [-0.05, 0) is 73.0 Å². The summed E-state index contributed by atoms with van der Waals surface area (Å²) in [4.78, 5) is 35.4. The fourth-order valence-corrected chi connectivity index (χ4v) is 4.65. The van der Waals surface area contributed by atoms with Gasteiger partial charge in [0.2, 0.25) is 0 Å². The largest absolute Gasteiger partial charge is 0.368 e. The van der Waals surface area contributed by atoms with E-state index in [4.69, 9.17) is 0 Å². The van der Waals surface area contributed by atoms with E-state index in [2.05, 4.69) is 31.3 Å². The third-order valence-corrected chi connectivity index (χ3v) is 6.67. The van der Waals surface area contributed by atoms with Gasteiger partial charge in [0.1, 0.15) is 11.7 Å². The molecule has 0 saturated carbocycles. The van der Waals surface area contributed by atoms with Crippen LogP contribution in [0.15, 0.2) is 81.6 Å². The maximum absolute atomic E-state index is 13.0. The Kier molecular flexibility index (Phi) is 6.99. The Morgan fingerprint density at radius 3 is 1.75 bits per heavy atom. The number of nitrogens with zero attached hydrogens (tertiary/aromatic N) is 2. The zero-order valence-corrected chi connectivity index (χ0v) is 20.6. The molecule has 0 radical (unpaired) electrons. The van der Waals surface area contributed by atoms with Crippen LogP contribution in [0.25, 0.3) is 0 Å². The van der Waals surface area contributed by atoms with Crippen molar-refractivity contribution in [3.8, 4) is 0 Å². The third-order valence-electron chi connectivity index (χ3n) is 5.89. The van der Waals surface area contributed by atoms with Crippen LogP contribution in [0.3, 0.4) is 0 Å². The van der Waals surface area contributed by atoms with E-state index >= 15 is 0 Å². The van der Waals surface area contributed by atoms with Crippen molar-refractivity contribution >= 4 is 46.6 Å². The maximum atomic E-state index is 13.0. The molecule has 0 aliphatic carbocycles. The summed E-state index contributed by atoms with van der Waals surface area (Å²) in [7, 11) is 0. The Balaban J connectivity index is 1.25. The van der Waals surface area contributed by atoms with Crippen molar-refractivity contribution in [2.24, 2.45) is 9.98 Å². The summed E-state index contributed by atoms with van der Waals surface area (Å²) in [6, 6.07) is 20.2. The first-order valence-electron chi connectivity index (χ1n) is 11.7. The Labute approximate surface area is 213 Å². The number of anilines is 2. The van der Waals surface area contributed by atoms with Gasteiger partial charge in [-0.25, -0.2) is 0 Å². The molecule has 8 nitrogen and oxygen atoms in total. The van der Waals surface area contributed by atoms with Gasteiger partial charge >= 0.3 is 0 Å². The Morgan fingerprint density at radius 1 is 0.750 bits per heavy atom. The number of thioether (sulfide) groups is 1. The van der Waals surface area contributed by atoms with Crippen LogP contribution in [-0.4, -0.2) is 55.9 Å². The van der Waals surface area contributed by atoms with E-state index in [0.29, 0.717) is 22.5 Å². The highest BCUT2D eigenvalue weighted by molar-refractivity contribution is 7.98. The third kappa shape index (κ3) is 5.26. The van der Waals surface area contributed by atoms with Gasteiger partial charge in [-0.2, -0.15) is 0 Å². The number of amidine groups is 2. The Morgan fingerprint density at radius 2 is 1.28 bits per heavy atom. The summed E-state index contributed by atoms with van der Waals surface area (Å²) in [6.45, 7) is 3.25. The van der Waals surface area contributed by atoms with Gasteiger partial charge in [-0.1, -0.05) is 0 Å². The van der Waals surface area contributed by atoms with Gasteiger partial charge in [0.05, 0.1) is 18.7 Å². The molecule has 2 aliphatic heterocycles. The number of carbonyl (C=O) groups excluding carboxylic acids is 2. The predicted molar refractivity (Wildman–Crippen MR) is 146 cm³/mol. The molecular formula is C27H26N6O2S. The van der Waals surface area contributed by atoms with Crippen LogP contribution in [0, 0.1) is 0 Å². The van der Waals surface area contributed by atoms with Crippen molar-refractivity contribution in [3.05, 3.63) is 89.0 Å². The number of carbonyl (C=O) groups is 2. The minimum Gasteiger partial charge on any atom is -0.368 e. The smallest absolute Gasteiger partial charge is 0.256 e. The summed E-state index contributed by atoms with van der Waals surface area (Å²) in [5.41, 5.74) is 4.36. The summed E-state index contributed by atoms with van der Waals surface area (Å²) in [5, 5.41) is 12.3. The lowest BCUT2D eigenvalue weighted by Gasteiger charge is -2.12. The maximum Gasteiger partial charge on any atom is 0.256 e. The number of benzene rings is 3. The van der Waals surface area contributed by atoms with E-state index < -0.39 is 0 Å². The van der Waals surface area contributed by atoms with Gasteiger partial charge in [-0.3, -0.25) is 19.6 Å². The molecule has 0 bridgehead atoms. The molecule has 2 heterocycles. The summed E-state index contributed by atoms with van der Waals surface area (Å²) in [6.07, 6.45) is 1.89. The van der Waals surface area contributed by atoms with Crippen LogP contribution >= 0.6 is 11.8 Å². The van der Waals surface area contributed by atoms with Crippen LogP contribution < -0.4 is 21.3 Å². The topological polar surface area (TPSA) is 107 Å². The highest BCUT2D eigenvalue weighted by atomic mass is 32.2. The second-order valence-corrected chi connectivity index (χ2v) is 9.14. The van der Waals surface area contributed by atoms with E-state index in [1.165, 1.54) is 11.8 Å². The molecule has 4 N–H and O–H groups in total. The zero-order chi connectivity index (χ0) is 24.9. The molecule has 182 valence electrons. The van der Waals surface area contributed by atoms with Crippen molar-refractivity contribution in [3.63, 3.8) is 0 Å². The van der Waals surface area contributed by atoms with Gasteiger partial charge in [0.25, 0.3) is 11.8 Å². The van der Waals surface area contributed by atoms with Crippen molar-refractivity contribution in [2.75, 3.05) is 43.1 Å². The average molecular weight is 499 g/mol. The van der Waals surface area contributed by atoms with Crippen molar-refractivity contribution in [1.82, 2.24) is 10.6 Å². The van der Waals surface area contributed by atoms with Crippen LogP contribution in [0.5, 0.6) is 0 Å². The molecule has 0 fully saturated rings. The molecule has 9 heteroatoms. The number of hydrogen-bond acceptors (Lipinski definition) is 7. The first-order chi connectivity index (χ1) is 17.6. The van der Waals surface area contributed by atoms with E-state index in [-0.39, 0.29) is 11.8 Å². The average Bonchev–Trinajstić information content (AvgIpc) is 3.64. The second kappa shape index (κ2) is 10.7. The van der Waals surface area contributed by atoms with Crippen LogP contribution in [0.4, 0.5) is 11.4 Å². The first-order valence-corrected chi connectivity index (χ1v) is 12.9. The van der Waals surface area contributed by atoms with Crippen molar-refractivity contribution in [1.29, 1.82) is 0 Å². The lowest BCUT2D eigenvalue weighted by Crippen LogP contribution is -2.19. The second-order valence-electron chi connectivity index (χ2n) is 8.29. The monoisotopic (exact) mass is 498 g/mol. The quantitative estimate of drug-likeness (QED) is 0.373. The summed E-state index contributed by atoms with van der Waals surface area (Å²) < 4.78 is 0. The van der Waals surface area contributed by atoms with E-state index in [1.807, 2.05) is 54.8 Å². The lowest BCUT2D eigenvalue weighted by molar-refractivity contribution is 0.101. The molecular weight excluding hydrogens is 472 g/mol. The van der Waals surface area contributed by atoms with Gasteiger partial charge in [-0.15, -0.1) is 11.8 Å². The summed E-state index contributed by atoms with van der Waals surface area (Å²) in [5.74, 6) is 1.29. The van der Waals surface area contributed by atoms with Gasteiger partial charge < -0.3 is 21.3 Å². The molecule has 36 heavy (non-hydrogen) atoms. The van der Waals surface area contributed by atoms with Crippen LogP contribution in [-0.2, 0) is 0 Å². The molecule has 0 spiro atoms. The minimum atomic E-state index is -0.236. The van der Waals surface area contributed by atoms with Gasteiger partial charge in [0.15, 0.2) is 0 Å². The normalized spacial score (nSPS) is 14.4. The molecule has 0 unspecified atom stereocenters. The fraction of sp³-hybridized carbons (Fsp3) is 0.185. The molecule has 0 saturated heterocycles. The highest BCUT2D eigenvalue weighted by Gasteiger charge is 2.16.